The molecule has 0 bridgehead atoms. The Bertz CT molecular complexity index is 829. The van der Waals surface area contributed by atoms with Crippen LogP contribution in [-0.2, 0) is 22.4 Å². The van der Waals surface area contributed by atoms with Crippen molar-refractivity contribution >= 4 is 40.0 Å². The summed E-state index contributed by atoms with van der Waals surface area (Å²) in [5.41, 5.74) is 2.82. The number of rotatable bonds is 6. The summed E-state index contributed by atoms with van der Waals surface area (Å²) in [4.78, 5) is 27.4. The molecular weight excluding hydrogens is 378 g/mol. The van der Waals surface area contributed by atoms with Gasteiger partial charge in [-0.05, 0) is 56.7 Å². The Morgan fingerprint density at radius 3 is 2.74 bits per heavy atom. The summed E-state index contributed by atoms with van der Waals surface area (Å²) in [6.07, 6.45) is 5.24. The van der Waals surface area contributed by atoms with Crippen molar-refractivity contribution in [3.05, 3.63) is 45.8 Å². The number of thiophene rings is 1. The van der Waals surface area contributed by atoms with Crippen LogP contribution >= 0.6 is 23.1 Å². The number of carbonyl (C=O) groups excluding carboxylic acids is 2. The number of hydrogen-bond donors (Lipinski definition) is 1. The number of fused-ring (bicyclic) bond motifs is 1. The zero-order valence-corrected chi connectivity index (χ0v) is 17.4. The van der Waals surface area contributed by atoms with Crippen molar-refractivity contribution in [3.8, 4) is 0 Å². The van der Waals surface area contributed by atoms with E-state index in [1.807, 2.05) is 31.2 Å². The molecular formula is C21H25NO3S2. The van der Waals surface area contributed by atoms with Crippen LogP contribution in [0.1, 0.15) is 52.5 Å². The molecule has 1 aliphatic carbocycles. The molecule has 1 heterocycles. The van der Waals surface area contributed by atoms with Gasteiger partial charge in [-0.25, -0.2) is 4.79 Å². The van der Waals surface area contributed by atoms with E-state index in [9.17, 15) is 9.59 Å². The molecule has 1 aromatic carbocycles. The van der Waals surface area contributed by atoms with Crippen LogP contribution in [-0.4, -0.2) is 24.2 Å². The van der Waals surface area contributed by atoms with Crippen LogP contribution in [0.2, 0.25) is 0 Å². The summed E-state index contributed by atoms with van der Waals surface area (Å²) in [6, 6.07) is 8.02. The average Bonchev–Trinajstić information content (AvgIpc) is 2.82. The summed E-state index contributed by atoms with van der Waals surface area (Å²) >= 11 is 3.05. The second kappa shape index (κ2) is 9.42. The highest BCUT2D eigenvalue weighted by atomic mass is 32.2. The summed E-state index contributed by atoms with van der Waals surface area (Å²) in [5, 5.41) is 3.62. The first-order valence-electron chi connectivity index (χ1n) is 9.40. The van der Waals surface area contributed by atoms with E-state index in [0.717, 1.165) is 41.7 Å². The summed E-state index contributed by atoms with van der Waals surface area (Å²) in [5.74, 6) is -0.0978. The van der Waals surface area contributed by atoms with Gasteiger partial charge in [0.05, 0.1) is 17.9 Å². The fourth-order valence-corrected chi connectivity index (χ4v) is 5.40. The number of anilines is 1. The van der Waals surface area contributed by atoms with Crippen molar-refractivity contribution in [2.75, 3.05) is 17.7 Å². The van der Waals surface area contributed by atoms with Crippen LogP contribution in [0.25, 0.3) is 0 Å². The van der Waals surface area contributed by atoms with Crippen molar-refractivity contribution in [2.24, 2.45) is 0 Å². The highest BCUT2D eigenvalue weighted by molar-refractivity contribution is 8.00. The number of esters is 1. The molecule has 1 N–H and O–H groups in total. The Kier molecular flexibility index (Phi) is 6.96. The number of hydrogen-bond acceptors (Lipinski definition) is 5. The van der Waals surface area contributed by atoms with Gasteiger partial charge in [-0.3, -0.25) is 4.79 Å². The minimum atomic E-state index is -0.321. The minimum absolute atomic E-state index is 0.0924. The first-order chi connectivity index (χ1) is 13.1. The summed E-state index contributed by atoms with van der Waals surface area (Å²) < 4.78 is 5.27. The second-order valence-electron chi connectivity index (χ2n) is 6.59. The molecule has 0 aliphatic heterocycles. The van der Waals surface area contributed by atoms with Gasteiger partial charge in [-0.2, -0.15) is 0 Å². The maximum Gasteiger partial charge on any atom is 0.341 e. The van der Waals surface area contributed by atoms with Gasteiger partial charge in [0.25, 0.3) is 0 Å². The molecule has 27 heavy (non-hydrogen) atoms. The molecule has 0 unspecified atom stereocenters. The smallest absolute Gasteiger partial charge is 0.341 e. The van der Waals surface area contributed by atoms with Crippen LogP contribution in [0.3, 0.4) is 0 Å². The lowest BCUT2D eigenvalue weighted by atomic mass is 10.1. The van der Waals surface area contributed by atoms with E-state index in [1.54, 1.807) is 18.3 Å². The van der Waals surface area contributed by atoms with Gasteiger partial charge in [0.2, 0.25) is 5.91 Å². The quantitative estimate of drug-likeness (QED) is 0.407. The molecule has 144 valence electrons. The van der Waals surface area contributed by atoms with E-state index in [2.05, 4.69) is 5.32 Å². The van der Waals surface area contributed by atoms with Gasteiger partial charge < -0.3 is 10.1 Å². The SMILES string of the molecule is CCOC(=O)c1c(NC(=O)CSc2ccccc2C)sc2c1CCCCC2. The maximum absolute atomic E-state index is 12.5. The van der Waals surface area contributed by atoms with Gasteiger partial charge >= 0.3 is 5.97 Å². The lowest BCUT2D eigenvalue weighted by Crippen LogP contribution is -2.16. The fraction of sp³-hybridized carbons (Fsp3) is 0.429. The van der Waals surface area contributed by atoms with Crippen LogP contribution in [0, 0.1) is 6.92 Å². The van der Waals surface area contributed by atoms with E-state index in [1.165, 1.54) is 23.1 Å². The fourth-order valence-electron chi connectivity index (χ4n) is 3.27. The molecule has 4 nitrogen and oxygen atoms in total. The van der Waals surface area contributed by atoms with E-state index in [-0.39, 0.29) is 11.9 Å². The topological polar surface area (TPSA) is 55.4 Å². The third-order valence-electron chi connectivity index (χ3n) is 4.61. The molecule has 0 saturated carbocycles. The van der Waals surface area contributed by atoms with Crippen molar-refractivity contribution in [1.82, 2.24) is 0 Å². The Balaban J connectivity index is 1.76. The summed E-state index contributed by atoms with van der Waals surface area (Å²) in [7, 11) is 0. The molecule has 1 amide bonds. The monoisotopic (exact) mass is 403 g/mol. The number of thioether (sulfide) groups is 1. The highest BCUT2D eigenvalue weighted by Crippen LogP contribution is 2.38. The molecule has 0 fully saturated rings. The van der Waals surface area contributed by atoms with Crippen LogP contribution < -0.4 is 5.32 Å². The largest absolute Gasteiger partial charge is 0.462 e. The number of nitrogens with one attached hydrogen (secondary N) is 1. The van der Waals surface area contributed by atoms with Gasteiger partial charge in [0.15, 0.2) is 0 Å². The number of amides is 1. The first kappa shape index (κ1) is 20.0. The first-order valence-corrected chi connectivity index (χ1v) is 11.2. The Morgan fingerprint density at radius 2 is 1.96 bits per heavy atom. The van der Waals surface area contributed by atoms with Gasteiger partial charge in [-0.15, -0.1) is 23.1 Å². The predicted octanol–water partition coefficient (Wildman–Crippen LogP) is 5.23. The zero-order chi connectivity index (χ0) is 19.2. The van der Waals surface area contributed by atoms with E-state index >= 15 is 0 Å². The van der Waals surface area contributed by atoms with Gasteiger partial charge in [0.1, 0.15) is 5.00 Å². The van der Waals surface area contributed by atoms with Gasteiger partial charge in [-0.1, -0.05) is 24.6 Å². The Labute approximate surface area is 168 Å². The van der Waals surface area contributed by atoms with Gasteiger partial charge in [0, 0.05) is 9.77 Å². The maximum atomic E-state index is 12.5. The number of ether oxygens (including phenoxy) is 1. The molecule has 3 rings (SSSR count). The molecule has 1 aromatic heterocycles. The van der Waals surface area contributed by atoms with Crippen molar-refractivity contribution in [3.63, 3.8) is 0 Å². The highest BCUT2D eigenvalue weighted by Gasteiger charge is 2.26. The van der Waals surface area contributed by atoms with E-state index in [0.29, 0.717) is 22.9 Å². The van der Waals surface area contributed by atoms with Crippen LogP contribution in [0.15, 0.2) is 29.2 Å². The predicted molar refractivity (Wildman–Crippen MR) is 112 cm³/mol. The van der Waals surface area contributed by atoms with Crippen LogP contribution in [0.4, 0.5) is 5.00 Å². The number of benzene rings is 1. The number of carbonyl (C=O) groups is 2. The molecule has 6 heteroatoms. The van der Waals surface area contributed by atoms with Crippen molar-refractivity contribution < 1.29 is 14.3 Å². The lowest BCUT2D eigenvalue weighted by Gasteiger charge is -2.09. The third-order valence-corrected chi connectivity index (χ3v) is 6.99. The van der Waals surface area contributed by atoms with E-state index < -0.39 is 0 Å². The van der Waals surface area contributed by atoms with Crippen LogP contribution in [0.5, 0.6) is 0 Å². The molecule has 2 aromatic rings. The molecule has 0 spiro atoms. The minimum Gasteiger partial charge on any atom is -0.462 e. The normalized spacial score (nSPS) is 13.6. The zero-order valence-electron chi connectivity index (χ0n) is 15.8. The molecule has 1 aliphatic rings. The molecule has 0 radical (unpaired) electrons. The van der Waals surface area contributed by atoms with E-state index in [4.69, 9.17) is 4.74 Å². The lowest BCUT2D eigenvalue weighted by molar-refractivity contribution is -0.113. The van der Waals surface area contributed by atoms with Crippen molar-refractivity contribution in [1.29, 1.82) is 0 Å². The molecule has 0 atom stereocenters. The Hall–Kier alpha value is -1.79. The second-order valence-corrected chi connectivity index (χ2v) is 8.71. The third kappa shape index (κ3) is 4.93. The Morgan fingerprint density at radius 1 is 1.19 bits per heavy atom. The van der Waals surface area contributed by atoms with Crippen molar-refractivity contribution in [2.45, 2.75) is 50.8 Å². The standard InChI is InChI=1S/C21H25NO3S2/c1-3-25-21(24)19-15-10-5-4-6-12-17(15)27-20(19)22-18(23)13-26-16-11-8-7-9-14(16)2/h7-9,11H,3-6,10,12-13H2,1-2H3,(H,22,23). The average molecular weight is 404 g/mol. The summed E-state index contributed by atoms with van der Waals surface area (Å²) in [6.45, 7) is 4.18. The molecule has 0 saturated heterocycles. The number of aryl methyl sites for hydroxylation is 2.